The number of hydrogen-bond acceptors (Lipinski definition) is 5. The number of rotatable bonds is 5. The van der Waals surface area contributed by atoms with E-state index in [1.807, 2.05) is 53.4 Å². The van der Waals surface area contributed by atoms with Gasteiger partial charge < -0.3 is 20.6 Å². The number of carbonyl (C=O) groups excluding carboxylic acids is 1. The van der Waals surface area contributed by atoms with Crippen LogP contribution in [0.3, 0.4) is 0 Å². The number of fused-ring (bicyclic) bond motifs is 1. The van der Waals surface area contributed by atoms with Gasteiger partial charge in [-0.3, -0.25) is 10.1 Å². The van der Waals surface area contributed by atoms with Crippen LogP contribution in [-0.4, -0.2) is 22.6 Å². The molecule has 2 amide bonds. The van der Waals surface area contributed by atoms with Crippen LogP contribution in [0.2, 0.25) is 0 Å². The van der Waals surface area contributed by atoms with Crippen LogP contribution in [-0.2, 0) is 19.6 Å². The molecule has 0 atom stereocenters. The van der Waals surface area contributed by atoms with Crippen molar-refractivity contribution in [2.45, 2.75) is 19.6 Å². The number of amides is 2. The summed E-state index contributed by atoms with van der Waals surface area (Å²) in [6, 6.07) is 19.2. The number of hydrogen-bond donors (Lipinski definition) is 3. The van der Waals surface area contributed by atoms with Gasteiger partial charge in [0.1, 0.15) is 5.69 Å². The third kappa shape index (κ3) is 4.49. The SMILES string of the molecule is O=C(Nc1ccccc1)Nc1cccc2c1CCN(c1cc(CO)ccc1[N+](=O)[O-])C2. The maximum absolute atomic E-state index is 12.4. The minimum Gasteiger partial charge on any atom is -0.392 e. The predicted octanol–water partition coefficient (Wildman–Crippen LogP) is 4.29. The number of aliphatic hydroxyl groups excluding tert-OH is 1. The molecule has 31 heavy (non-hydrogen) atoms. The molecule has 0 saturated carbocycles. The van der Waals surface area contributed by atoms with E-state index in [-0.39, 0.29) is 18.3 Å². The fraction of sp³-hybridized carbons (Fsp3) is 0.174. The number of nitro groups is 1. The van der Waals surface area contributed by atoms with Gasteiger partial charge >= 0.3 is 6.03 Å². The van der Waals surface area contributed by atoms with Gasteiger partial charge in [-0.2, -0.15) is 0 Å². The average molecular weight is 418 g/mol. The Morgan fingerprint density at radius 1 is 1.06 bits per heavy atom. The molecule has 0 saturated heterocycles. The minimum atomic E-state index is -0.405. The highest BCUT2D eigenvalue weighted by molar-refractivity contribution is 6.00. The number of aliphatic hydroxyl groups is 1. The van der Waals surface area contributed by atoms with Crippen LogP contribution < -0.4 is 15.5 Å². The topological polar surface area (TPSA) is 108 Å². The molecule has 0 aromatic heterocycles. The van der Waals surface area contributed by atoms with E-state index in [1.165, 1.54) is 6.07 Å². The van der Waals surface area contributed by atoms with Crippen molar-refractivity contribution in [2.24, 2.45) is 0 Å². The van der Waals surface area contributed by atoms with Crippen molar-refractivity contribution in [1.82, 2.24) is 0 Å². The Balaban J connectivity index is 1.55. The number of para-hydroxylation sites is 1. The van der Waals surface area contributed by atoms with Gasteiger partial charge in [-0.05, 0) is 53.4 Å². The van der Waals surface area contributed by atoms with Crippen molar-refractivity contribution in [3.05, 3.63) is 93.5 Å². The second kappa shape index (κ2) is 8.85. The van der Waals surface area contributed by atoms with Crippen molar-refractivity contribution in [2.75, 3.05) is 22.1 Å². The zero-order valence-electron chi connectivity index (χ0n) is 16.7. The van der Waals surface area contributed by atoms with E-state index in [2.05, 4.69) is 10.6 Å². The van der Waals surface area contributed by atoms with Gasteiger partial charge in [0.25, 0.3) is 5.69 Å². The van der Waals surface area contributed by atoms with Gasteiger partial charge in [-0.25, -0.2) is 4.79 Å². The number of urea groups is 1. The van der Waals surface area contributed by atoms with Crippen LogP contribution in [0.25, 0.3) is 0 Å². The monoisotopic (exact) mass is 418 g/mol. The van der Waals surface area contributed by atoms with Crippen LogP contribution >= 0.6 is 0 Å². The van der Waals surface area contributed by atoms with Crippen molar-refractivity contribution in [3.8, 4) is 0 Å². The number of benzene rings is 3. The first kappa shape index (κ1) is 20.4. The van der Waals surface area contributed by atoms with Crippen molar-refractivity contribution in [1.29, 1.82) is 0 Å². The third-order valence-electron chi connectivity index (χ3n) is 5.31. The van der Waals surface area contributed by atoms with Gasteiger partial charge in [0.05, 0.1) is 11.5 Å². The normalized spacial score (nSPS) is 12.7. The summed E-state index contributed by atoms with van der Waals surface area (Å²) in [5, 5.41) is 26.7. The summed E-state index contributed by atoms with van der Waals surface area (Å²) in [5.74, 6) is 0. The lowest BCUT2D eigenvalue weighted by molar-refractivity contribution is -0.384. The summed E-state index contributed by atoms with van der Waals surface area (Å²) < 4.78 is 0. The maximum atomic E-state index is 12.4. The second-order valence-corrected chi connectivity index (χ2v) is 7.30. The molecule has 4 rings (SSSR count). The summed E-state index contributed by atoms with van der Waals surface area (Å²) in [6.07, 6.45) is 0.623. The number of nitro benzene ring substituents is 1. The molecule has 1 aliphatic heterocycles. The van der Waals surface area contributed by atoms with E-state index in [9.17, 15) is 20.0 Å². The number of anilines is 3. The highest BCUT2D eigenvalue weighted by Crippen LogP contribution is 2.35. The Bertz CT molecular complexity index is 1120. The van der Waals surface area contributed by atoms with Crippen LogP contribution in [0.5, 0.6) is 0 Å². The average Bonchev–Trinajstić information content (AvgIpc) is 2.79. The van der Waals surface area contributed by atoms with Gasteiger partial charge in [-0.1, -0.05) is 30.3 Å². The van der Waals surface area contributed by atoms with Gasteiger partial charge in [0, 0.05) is 30.5 Å². The van der Waals surface area contributed by atoms with Crippen molar-refractivity contribution >= 4 is 28.8 Å². The predicted molar refractivity (Wildman–Crippen MR) is 119 cm³/mol. The molecule has 0 bridgehead atoms. The van der Waals surface area contributed by atoms with E-state index in [1.54, 1.807) is 12.1 Å². The van der Waals surface area contributed by atoms with Crippen molar-refractivity contribution in [3.63, 3.8) is 0 Å². The van der Waals surface area contributed by atoms with E-state index < -0.39 is 4.92 Å². The first-order valence-corrected chi connectivity index (χ1v) is 9.92. The van der Waals surface area contributed by atoms with Crippen LogP contribution in [0, 0.1) is 10.1 Å². The lowest BCUT2D eigenvalue weighted by Crippen LogP contribution is -2.32. The zero-order valence-corrected chi connectivity index (χ0v) is 16.7. The summed E-state index contributed by atoms with van der Waals surface area (Å²) in [4.78, 5) is 25.4. The summed E-state index contributed by atoms with van der Waals surface area (Å²) >= 11 is 0. The molecular formula is C23H22N4O4. The largest absolute Gasteiger partial charge is 0.392 e. The summed E-state index contributed by atoms with van der Waals surface area (Å²) in [5.41, 5.74) is 4.56. The van der Waals surface area contributed by atoms with E-state index in [4.69, 9.17) is 0 Å². The molecule has 3 N–H and O–H groups in total. The summed E-state index contributed by atoms with van der Waals surface area (Å²) in [7, 11) is 0. The summed E-state index contributed by atoms with van der Waals surface area (Å²) in [6.45, 7) is 0.850. The molecule has 0 aliphatic carbocycles. The standard InChI is InChI=1S/C23H22N4O4/c28-15-16-9-10-21(27(30)31)22(13-16)26-12-11-19-17(14-26)5-4-8-20(19)25-23(29)24-18-6-2-1-3-7-18/h1-10,13,28H,11-12,14-15H2,(H2,24,25,29). The Hall–Kier alpha value is -3.91. The Kier molecular flexibility index (Phi) is 5.81. The lowest BCUT2D eigenvalue weighted by Gasteiger charge is -2.31. The molecule has 8 nitrogen and oxygen atoms in total. The highest BCUT2D eigenvalue weighted by Gasteiger charge is 2.25. The van der Waals surface area contributed by atoms with Crippen LogP contribution in [0.15, 0.2) is 66.7 Å². The Morgan fingerprint density at radius 2 is 1.87 bits per heavy atom. The molecule has 0 fully saturated rings. The second-order valence-electron chi connectivity index (χ2n) is 7.30. The quantitative estimate of drug-likeness (QED) is 0.423. The van der Waals surface area contributed by atoms with E-state index in [0.717, 1.165) is 16.8 Å². The van der Waals surface area contributed by atoms with E-state index in [0.29, 0.717) is 36.4 Å². The number of nitrogens with zero attached hydrogens (tertiary/aromatic N) is 2. The fourth-order valence-electron chi connectivity index (χ4n) is 3.81. The molecular weight excluding hydrogens is 396 g/mol. The minimum absolute atomic E-state index is 0.0113. The maximum Gasteiger partial charge on any atom is 0.323 e. The molecule has 3 aromatic carbocycles. The molecule has 1 aliphatic rings. The van der Waals surface area contributed by atoms with Gasteiger partial charge in [-0.15, -0.1) is 0 Å². The highest BCUT2D eigenvalue weighted by atomic mass is 16.6. The van der Waals surface area contributed by atoms with Gasteiger partial charge in [0.2, 0.25) is 0 Å². The molecule has 8 heteroatoms. The number of carbonyl (C=O) groups is 1. The molecule has 3 aromatic rings. The zero-order chi connectivity index (χ0) is 21.8. The fourth-order valence-corrected chi connectivity index (χ4v) is 3.81. The van der Waals surface area contributed by atoms with Crippen molar-refractivity contribution < 1.29 is 14.8 Å². The first-order chi connectivity index (χ1) is 15.0. The van der Waals surface area contributed by atoms with Crippen LogP contribution in [0.1, 0.15) is 16.7 Å². The number of nitrogens with one attached hydrogen (secondary N) is 2. The Morgan fingerprint density at radius 3 is 2.61 bits per heavy atom. The molecule has 0 unspecified atom stereocenters. The van der Waals surface area contributed by atoms with Gasteiger partial charge in [0.15, 0.2) is 0 Å². The molecule has 0 spiro atoms. The van der Waals surface area contributed by atoms with E-state index >= 15 is 0 Å². The third-order valence-corrected chi connectivity index (χ3v) is 5.31. The Labute approximate surface area is 179 Å². The smallest absolute Gasteiger partial charge is 0.323 e. The van der Waals surface area contributed by atoms with Crippen LogP contribution in [0.4, 0.5) is 27.5 Å². The molecule has 158 valence electrons. The lowest BCUT2D eigenvalue weighted by atomic mass is 9.97. The molecule has 0 radical (unpaired) electrons. The first-order valence-electron chi connectivity index (χ1n) is 9.92. The molecule has 1 heterocycles.